The SMILES string of the molecule is CC1(C)CC(NC(=O)c2ccncc2)c2cc(N)ccc2O1. The van der Waals surface area contributed by atoms with Gasteiger partial charge in [0.15, 0.2) is 0 Å². The van der Waals surface area contributed by atoms with E-state index in [0.717, 1.165) is 11.3 Å². The number of nitrogen functional groups attached to an aromatic ring is 1. The van der Waals surface area contributed by atoms with E-state index in [2.05, 4.69) is 10.3 Å². The Labute approximate surface area is 129 Å². The third kappa shape index (κ3) is 2.88. The summed E-state index contributed by atoms with van der Waals surface area (Å²) in [4.78, 5) is 16.3. The molecule has 1 aromatic carbocycles. The van der Waals surface area contributed by atoms with E-state index in [-0.39, 0.29) is 17.6 Å². The predicted molar refractivity (Wildman–Crippen MR) is 84.6 cm³/mol. The zero-order chi connectivity index (χ0) is 15.7. The van der Waals surface area contributed by atoms with Crippen LogP contribution in [-0.2, 0) is 0 Å². The first-order chi connectivity index (χ1) is 10.4. The van der Waals surface area contributed by atoms with Crippen molar-refractivity contribution in [3.8, 4) is 5.75 Å². The van der Waals surface area contributed by atoms with Crippen LogP contribution >= 0.6 is 0 Å². The molecule has 0 saturated carbocycles. The highest BCUT2D eigenvalue weighted by Crippen LogP contribution is 2.40. The lowest BCUT2D eigenvalue weighted by molar-refractivity contribution is 0.0620. The molecule has 0 spiro atoms. The zero-order valence-electron chi connectivity index (χ0n) is 12.7. The van der Waals surface area contributed by atoms with Crippen molar-refractivity contribution >= 4 is 11.6 Å². The summed E-state index contributed by atoms with van der Waals surface area (Å²) in [6.07, 6.45) is 3.89. The molecule has 0 bridgehead atoms. The Hall–Kier alpha value is -2.56. The lowest BCUT2D eigenvalue weighted by Crippen LogP contribution is -2.41. The maximum Gasteiger partial charge on any atom is 0.251 e. The average molecular weight is 297 g/mol. The molecule has 2 aromatic rings. The number of nitrogens with zero attached hydrogens (tertiary/aromatic N) is 1. The van der Waals surface area contributed by atoms with Gasteiger partial charge >= 0.3 is 0 Å². The van der Waals surface area contributed by atoms with Crippen molar-refractivity contribution in [3.63, 3.8) is 0 Å². The molecule has 0 saturated heterocycles. The summed E-state index contributed by atoms with van der Waals surface area (Å²) in [5.74, 6) is 0.643. The summed E-state index contributed by atoms with van der Waals surface area (Å²) in [5, 5.41) is 3.07. The van der Waals surface area contributed by atoms with Crippen LogP contribution in [0.5, 0.6) is 5.75 Å². The minimum Gasteiger partial charge on any atom is -0.487 e. The van der Waals surface area contributed by atoms with Crippen LogP contribution in [0, 0.1) is 0 Å². The summed E-state index contributed by atoms with van der Waals surface area (Å²) in [7, 11) is 0. The van der Waals surface area contributed by atoms with Gasteiger partial charge in [-0.1, -0.05) is 0 Å². The van der Waals surface area contributed by atoms with Crippen molar-refractivity contribution < 1.29 is 9.53 Å². The molecule has 1 aliphatic rings. The summed E-state index contributed by atoms with van der Waals surface area (Å²) >= 11 is 0. The van der Waals surface area contributed by atoms with Gasteiger partial charge in [-0.25, -0.2) is 0 Å². The first-order valence-corrected chi connectivity index (χ1v) is 7.24. The summed E-state index contributed by atoms with van der Waals surface area (Å²) in [6.45, 7) is 4.02. The van der Waals surface area contributed by atoms with Crippen molar-refractivity contribution in [3.05, 3.63) is 53.9 Å². The van der Waals surface area contributed by atoms with Crippen molar-refractivity contribution in [1.82, 2.24) is 10.3 Å². The number of ether oxygens (including phenoxy) is 1. The Morgan fingerprint density at radius 1 is 1.32 bits per heavy atom. The number of benzene rings is 1. The molecule has 5 nitrogen and oxygen atoms in total. The van der Waals surface area contributed by atoms with Crippen LogP contribution in [0.4, 0.5) is 5.69 Å². The molecule has 0 aliphatic carbocycles. The number of hydrogen-bond acceptors (Lipinski definition) is 4. The number of anilines is 1. The molecular weight excluding hydrogens is 278 g/mol. The van der Waals surface area contributed by atoms with Crippen LogP contribution < -0.4 is 15.8 Å². The fourth-order valence-corrected chi connectivity index (χ4v) is 2.75. The number of rotatable bonds is 2. The zero-order valence-corrected chi connectivity index (χ0v) is 12.7. The minimum atomic E-state index is -0.348. The molecule has 5 heteroatoms. The van der Waals surface area contributed by atoms with Gasteiger partial charge in [-0.3, -0.25) is 9.78 Å². The molecule has 0 radical (unpaired) electrons. The summed E-state index contributed by atoms with van der Waals surface area (Å²) in [6, 6.07) is 8.78. The van der Waals surface area contributed by atoms with E-state index < -0.39 is 0 Å². The second-order valence-corrected chi connectivity index (χ2v) is 6.13. The van der Waals surface area contributed by atoms with Crippen LogP contribution in [-0.4, -0.2) is 16.5 Å². The van der Waals surface area contributed by atoms with Crippen LogP contribution in [0.25, 0.3) is 0 Å². The minimum absolute atomic E-state index is 0.126. The molecule has 1 unspecified atom stereocenters. The number of pyridine rings is 1. The summed E-state index contributed by atoms with van der Waals surface area (Å²) in [5.41, 5.74) is 7.69. The highest BCUT2D eigenvalue weighted by molar-refractivity contribution is 5.94. The highest BCUT2D eigenvalue weighted by atomic mass is 16.5. The van der Waals surface area contributed by atoms with Gasteiger partial charge < -0.3 is 15.8 Å². The third-order valence-electron chi connectivity index (χ3n) is 3.74. The van der Waals surface area contributed by atoms with E-state index >= 15 is 0 Å². The lowest BCUT2D eigenvalue weighted by Gasteiger charge is -2.38. The number of carbonyl (C=O) groups is 1. The average Bonchev–Trinajstić information content (AvgIpc) is 2.48. The molecule has 0 fully saturated rings. The maximum atomic E-state index is 12.4. The largest absolute Gasteiger partial charge is 0.487 e. The molecule has 1 aliphatic heterocycles. The van der Waals surface area contributed by atoms with Gasteiger partial charge in [0.25, 0.3) is 5.91 Å². The standard InChI is InChI=1S/C17H19N3O2/c1-17(2)10-14(13-9-12(18)3-4-15(13)22-17)20-16(21)11-5-7-19-8-6-11/h3-9,14H,10,18H2,1-2H3,(H,20,21). The second kappa shape index (κ2) is 5.33. The van der Waals surface area contributed by atoms with Gasteiger partial charge in [0.1, 0.15) is 11.4 Å². The molecule has 3 rings (SSSR count). The van der Waals surface area contributed by atoms with Gasteiger partial charge in [-0.15, -0.1) is 0 Å². The Kier molecular flexibility index (Phi) is 3.48. The predicted octanol–water partition coefficient (Wildman–Crippen LogP) is 2.70. The van der Waals surface area contributed by atoms with Crippen molar-refractivity contribution in [2.75, 3.05) is 5.73 Å². The van der Waals surface area contributed by atoms with Crippen LogP contribution in [0.2, 0.25) is 0 Å². The topological polar surface area (TPSA) is 77.2 Å². The second-order valence-electron chi connectivity index (χ2n) is 6.13. The number of aromatic nitrogens is 1. The molecule has 1 aromatic heterocycles. The van der Waals surface area contributed by atoms with E-state index in [1.54, 1.807) is 24.5 Å². The highest BCUT2D eigenvalue weighted by Gasteiger charge is 2.34. The quantitative estimate of drug-likeness (QED) is 0.836. The van der Waals surface area contributed by atoms with Crippen molar-refractivity contribution in [1.29, 1.82) is 0 Å². The van der Waals surface area contributed by atoms with Gasteiger partial charge in [0.05, 0.1) is 6.04 Å². The van der Waals surface area contributed by atoms with Gasteiger partial charge in [0, 0.05) is 35.6 Å². The Balaban J connectivity index is 1.90. The Morgan fingerprint density at radius 2 is 2.05 bits per heavy atom. The van der Waals surface area contributed by atoms with Crippen LogP contribution in [0.1, 0.15) is 42.2 Å². The lowest BCUT2D eigenvalue weighted by atomic mass is 9.89. The van der Waals surface area contributed by atoms with Gasteiger partial charge in [-0.2, -0.15) is 0 Å². The smallest absolute Gasteiger partial charge is 0.251 e. The number of amides is 1. The Morgan fingerprint density at radius 3 is 2.77 bits per heavy atom. The fourth-order valence-electron chi connectivity index (χ4n) is 2.75. The molecule has 3 N–H and O–H groups in total. The third-order valence-corrected chi connectivity index (χ3v) is 3.74. The molecule has 1 atom stereocenters. The number of nitrogens with one attached hydrogen (secondary N) is 1. The van der Waals surface area contributed by atoms with E-state index in [1.807, 2.05) is 32.0 Å². The number of hydrogen-bond donors (Lipinski definition) is 2. The summed E-state index contributed by atoms with van der Waals surface area (Å²) < 4.78 is 5.97. The van der Waals surface area contributed by atoms with Crippen molar-refractivity contribution in [2.24, 2.45) is 0 Å². The fraction of sp³-hybridized carbons (Fsp3) is 0.294. The number of fused-ring (bicyclic) bond motifs is 1. The van der Waals surface area contributed by atoms with E-state index in [0.29, 0.717) is 17.7 Å². The number of nitrogens with two attached hydrogens (primary N) is 1. The van der Waals surface area contributed by atoms with E-state index in [9.17, 15) is 4.79 Å². The molecule has 1 amide bonds. The Bertz CT molecular complexity index is 698. The molecule has 22 heavy (non-hydrogen) atoms. The molecule has 114 valence electrons. The number of carbonyl (C=O) groups excluding carboxylic acids is 1. The first-order valence-electron chi connectivity index (χ1n) is 7.24. The normalized spacial score (nSPS) is 18.9. The molecule has 2 heterocycles. The van der Waals surface area contributed by atoms with Crippen LogP contribution in [0.15, 0.2) is 42.7 Å². The van der Waals surface area contributed by atoms with E-state index in [4.69, 9.17) is 10.5 Å². The van der Waals surface area contributed by atoms with Gasteiger partial charge in [-0.05, 0) is 44.2 Å². The van der Waals surface area contributed by atoms with Gasteiger partial charge in [0.2, 0.25) is 0 Å². The monoisotopic (exact) mass is 297 g/mol. The first kappa shape index (κ1) is 14.4. The van der Waals surface area contributed by atoms with Crippen molar-refractivity contribution in [2.45, 2.75) is 31.9 Å². The van der Waals surface area contributed by atoms with E-state index in [1.165, 1.54) is 0 Å². The molecular formula is C17H19N3O2. The van der Waals surface area contributed by atoms with Crippen LogP contribution in [0.3, 0.4) is 0 Å². The maximum absolute atomic E-state index is 12.4.